The predicted molar refractivity (Wildman–Crippen MR) is 141 cm³/mol. The molecule has 0 saturated heterocycles. The predicted octanol–water partition coefficient (Wildman–Crippen LogP) is 7.89. The fraction of sp³-hybridized carbons (Fsp3) is 0.552. The van der Waals surface area contributed by atoms with Crippen LogP contribution in [-0.4, -0.2) is 28.6 Å². The van der Waals surface area contributed by atoms with Crippen LogP contribution in [0.25, 0.3) is 0 Å². The molecule has 0 aliphatic heterocycles. The summed E-state index contributed by atoms with van der Waals surface area (Å²) in [5, 5.41) is 12.0. The number of nitrogens with one attached hydrogen (secondary N) is 1. The number of pyridine rings is 1. The van der Waals surface area contributed by atoms with Gasteiger partial charge in [0.2, 0.25) is 0 Å². The lowest BCUT2D eigenvalue weighted by Crippen LogP contribution is -2.18. The summed E-state index contributed by atoms with van der Waals surface area (Å²) in [6.45, 7) is 2.84. The highest BCUT2D eigenvalue weighted by molar-refractivity contribution is 6.09. The number of benzene rings is 1. The summed E-state index contributed by atoms with van der Waals surface area (Å²) in [5.74, 6) is -1.19. The molecule has 0 aliphatic rings. The second kappa shape index (κ2) is 17.5. The molecule has 0 atom stereocenters. The summed E-state index contributed by atoms with van der Waals surface area (Å²) in [6.07, 6.45) is 19.7. The van der Waals surface area contributed by atoms with Crippen LogP contribution >= 0.6 is 0 Å². The van der Waals surface area contributed by atoms with Gasteiger partial charge in [0.05, 0.1) is 17.9 Å². The Kier molecular flexibility index (Phi) is 14.2. The van der Waals surface area contributed by atoms with Gasteiger partial charge in [-0.15, -0.1) is 0 Å². The first-order chi connectivity index (χ1) is 17.1. The van der Waals surface area contributed by atoms with Gasteiger partial charge in [-0.05, 0) is 30.7 Å². The number of ether oxygens (including phenoxy) is 1. The molecule has 1 aromatic heterocycles. The van der Waals surface area contributed by atoms with Gasteiger partial charge in [-0.25, -0.2) is 4.79 Å². The SMILES string of the molecule is CCCCCCCCCCCCCCCCOc1ccccc1NC(=O)c1ncccc1C(=O)O. The third kappa shape index (κ3) is 11.4. The van der Waals surface area contributed by atoms with E-state index in [4.69, 9.17) is 4.74 Å². The summed E-state index contributed by atoms with van der Waals surface area (Å²) in [6, 6.07) is 10.0. The van der Waals surface area contributed by atoms with E-state index in [0.29, 0.717) is 18.0 Å². The van der Waals surface area contributed by atoms with E-state index in [1.807, 2.05) is 6.07 Å². The Morgan fingerprint density at radius 2 is 1.37 bits per heavy atom. The van der Waals surface area contributed by atoms with Gasteiger partial charge in [0.1, 0.15) is 11.4 Å². The van der Waals surface area contributed by atoms with Gasteiger partial charge in [0.15, 0.2) is 0 Å². The van der Waals surface area contributed by atoms with Crippen molar-refractivity contribution in [3.63, 3.8) is 0 Å². The zero-order valence-corrected chi connectivity index (χ0v) is 21.3. The first-order valence-electron chi connectivity index (χ1n) is 13.3. The highest BCUT2D eigenvalue weighted by Crippen LogP contribution is 2.25. The number of carbonyl (C=O) groups excluding carboxylic acids is 1. The number of hydrogen-bond donors (Lipinski definition) is 2. The van der Waals surface area contributed by atoms with Crippen LogP contribution in [0.15, 0.2) is 42.6 Å². The van der Waals surface area contributed by atoms with E-state index in [2.05, 4.69) is 17.2 Å². The summed E-state index contributed by atoms with van der Waals surface area (Å²) in [4.78, 5) is 27.9. The fourth-order valence-electron chi connectivity index (χ4n) is 4.11. The molecule has 0 saturated carbocycles. The number of rotatable bonds is 19. The monoisotopic (exact) mass is 482 g/mol. The molecule has 192 valence electrons. The molecule has 0 aliphatic carbocycles. The smallest absolute Gasteiger partial charge is 0.338 e. The van der Waals surface area contributed by atoms with E-state index < -0.39 is 11.9 Å². The molecule has 0 spiro atoms. The maximum Gasteiger partial charge on any atom is 0.338 e. The fourth-order valence-corrected chi connectivity index (χ4v) is 4.11. The highest BCUT2D eigenvalue weighted by atomic mass is 16.5. The van der Waals surface area contributed by atoms with Crippen LogP contribution in [0.5, 0.6) is 5.75 Å². The normalized spacial score (nSPS) is 10.8. The molecule has 0 radical (unpaired) electrons. The van der Waals surface area contributed by atoms with Crippen LogP contribution in [0.2, 0.25) is 0 Å². The molecule has 1 heterocycles. The zero-order chi connectivity index (χ0) is 25.1. The molecule has 6 nitrogen and oxygen atoms in total. The number of aromatic carboxylic acids is 1. The molecule has 2 rings (SSSR count). The number of carbonyl (C=O) groups is 2. The molecular formula is C29H42N2O4. The summed E-state index contributed by atoms with van der Waals surface area (Å²) in [5.41, 5.74) is 0.248. The number of amides is 1. The number of carboxylic acids is 1. The number of anilines is 1. The van der Waals surface area contributed by atoms with Crippen LogP contribution < -0.4 is 10.1 Å². The lowest BCUT2D eigenvalue weighted by atomic mass is 10.0. The Labute approximate surface area is 210 Å². The van der Waals surface area contributed by atoms with Gasteiger partial charge in [-0.2, -0.15) is 0 Å². The topological polar surface area (TPSA) is 88.5 Å². The Morgan fingerprint density at radius 3 is 1.97 bits per heavy atom. The molecule has 1 aromatic carbocycles. The van der Waals surface area contributed by atoms with Crippen LogP contribution in [0.3, 0.4) is 0 Å². The van der Waals surface area contributed by atoms with Crippen molar-refractivity contribution in [2.75, 3.05) is 11.9 Å². The van der Waals surface area contributed by atoms with Crippen LogP contribution in [0.4, 0.5) is 5.69 Å². The molecule has 1 amide bonds. The van der Waals surface area contributed by atoms with Crippen molar-refractivity contribution in [2.24, 2.45) is 0 Å². The Morgan fingerprint density at radius 1 is 0.800 bits per heavy atom. The van der Waals surface area contributed by atoms with Gasteiger partial charge in [-0.3, -0.25) is 9.78 Å². The van der Waals surface area contributed by atoms with Gasteiger partial charge in [0.25, 0.3) is 5.91 Å². The molecule has 0 unspecified atom stereocenters. The molecule has 35 heavy (non-hydrogen) atoms. The van der Waals surface area contributed by atoms with E-state index >= 15 is 0 Å². The van der Waals surface area contributed by atoms with E-state index in [9.17, 15) is 14.7 Å². The standard InChI is InChI=1S/C29H42N2O4/c1-2-3-4-5-6-7-8-9-10-11-12-13-14-17-23-35-26-21-16-15-20-25(26)31-28(32)27-24(29(33)34)19-18-22-30-27/h15-16,18-22H,2-14,17,23H2,1H3,(H,31,32)(H,33,34). The lowest BCUT2D eigenvalue weighted by Gasteiger charge is -2.13. The Bertz CT molecular complexity index is 884. The minimum atomic E-state index is -1.19. The van der Waals surface area contributed by atoms with Crippen molar-refractivity contribution < 1.29 is 19.4 Å². The van der Waals surface area contributed by atoms with Crippen molar-refractivity contribution in [1.29, 1.82) is 0 Å². The Balaban J connectivity index is 1.60. The molecule has 0 fully saturated rings. The average Bonchev–Trinajstić information content (AvgIpc) is 2.87. The van der Waals surface area contributed by atoms with E-state index in [0.717, 1.165) is 12.8 Å². The quantitative estimate of drug-likeness (QED) is 0.199. The summed E-state index contributed by atoms with van der Waals surface area (Å²) >= 11 is 0. The van der Waals surface area contributed by atoms with Crippen molar-refractivity contribution in [1.82, 2.24) is 4.98 Å². The largest absolute Gasteiger partial charge is 0.491 e. The van der Waals surface area contributed by atoms with Crippen molar-refractivity contribution in [2.45, 2.75) is 96.8 Å². The van der Waals surface area contributed by atoms with E-state index in [-0.39, 0.29) is 11.3 Å². The molecule has 2 N–H and O–H groups in total. The minimum Gasteiger partial charge on any atom is -0.491 e. The lowest BCUT2D eigenvalue weighted by molar-refractivity contribution is 0.0691. The third-order valence-electron chi connectivity index (χ3n) is 6.14. The first-order valence-corrected chi connectivity index (χ1v) is 13.3. The Hall–Kier alpha value is -2.89. The molecular weight excluding hydrogens is 440 g/mol. The number of aromatic nitrogens is 1. The number of carboxylic acid groups (broad SMARTS) is 1. The van der Waals surface area contributed by atoms with Crippen molar-refractivity contribution >= 4 is 17.6 Å². The van der Waals surface area contributed by atoms with Gasteiger partial charge < -0.3 is 15.2 Å². The first kappa shape index (κ1) is 28.3. The van der Waals surface area contributed by atoms with E-state index in [1.54, 1.807) is 18.2 Å². The average molecular weight is 483 g/mol. The van der Waals surface area contributed by atoms with Crippen molar-refractivity contribution in [3.8, 4) is 5.75 Å². The highest BCUT2D eigenvalue weighted by Gasteiger charge is 2.18. The second-order valence-electron chi connectivity index (χ2n) is 9.10. The van der Waals surface area contributed by atoms with Crippen LogP contribution in [-0.2, 0) is 0 Å². The van der Waals surface area contributed by atoms with Crippen LogP contribution in [0, 0.1) is 0 Å². The summed E-state index contributed by atoms with van der Waals surface area (Å²) in [7, 11) is 0. The summed E-state index contributed by atoms with van der Waals surface area (Å²) < 4.78 is 5.91. The number of para-hydroxylation sites is 2. The van der Waals surface area contributed by atoms with Gasteiger partial charge in [-0.1, -0.05) is 103 Å². The third-order valence-corrected chi connectivity index (χ3v) is 6.14. The molecule has 2 aromatic rings. The zero-order valence-electron chi connectivity index (χ0n) is 21.3. The van der Waals surface area contributed by atoms with E-state index in [1.165, 1.54) is 95.4 Å². The molecule has 6 heteroatoms. The van der Waals surface area contributed by atoms with Gasteiger partial charge in [0, 0.05) is 6.20 Å². The number of nitrogens with zero attached hydrogens (tertiary/aromatic N) is 1. The molecule has 0 bridgehead atoms. The number of unbranched alkanes of at least 4 members (excludes halogenated alkanes) is 13. The second-order valence-corrected chi connectivity index (χ2v) is 9.10. The van der Waals surface area contributed by atoms with Crippen LogP contribution in [0.1, 0.15) is 118 Å². The minimum absolute atomic E-state index is 0.123. The maximum absolute atomic E-state index is 12.6. The van der Waals surface area contributed by atoms with Crippen molar-refractivity contribution in [3.05, 3.63) is 53.9 Å². The van der Waals surface area contributed by atoms with Gasteiger partial charge >= 0.3 is 5.97 Å². The number of hydrogen-bond acceptors (Lipinski definition) is 4. The maximum atomic E-state index is 12.6.